The van der Waals surface area contributed by atoms with Gasteiger partial charge < -0.3 is 9.72 Å². The van der Waals surface area contributed by atoms with Crippen LogP contribution >= 0.6 is 11.8 Å². The number of aromatic nitrogens is 1. The molecule has 4 heteroatoms. The van der Waals surface area contributed by atoms with Crippen LogP contribution in [0.4, 0.5) is 0 Å². The molecule has 3 nitrogen and oxygen atoms in total. The number of benzene rings is 1. The lowest BCUT2D eigenvalue weighted by Gasteiger charge is -2.07. The van der Waals surface area contributed by atoms with Gasteiger partial charge in [0.25, 0.3) is 5.56 Å². The standard InChI is InChI=1S/C13H13NO2S/c1-2-16-8-3-4-9-11(7-8)10-5-6-17-13(10)14-12(9)15/h3-4,7H,2,5-6H2,1H3,(H,14,15). The molecule has 0 fully saturated rings. The minimum absolute atomic E-state index is 0.00352. The molecule has 17 heavy (non-hydrogen) atoms. The maximum absolute atomic E-state index is 11.9. The van der Waals surface area contributed by atoms with Gasteiger partial charge in [-0.3, -0.25) is 4.79 Å². The van der Waals surface area contributed by atoms with Crippen LogP contribution in [0, 0.1) is 0 Å². The van der Waals surface area contributed by atoms with Gasteiger partial charge in [0, 0.05) is 11.1 Å². The van der Waals surface area contributed by atoms with Crippen molar-refractivity contribution in [3.8, 4) is 5.75 Å². The molecule has 0 radical (unpaired) electrons. The summed E-state index contributed by atoms with van der Waals surface area (Å²) >= 11 is 1.72. The number of hydrogen-bond acceptors (Lipinski definition) is 3. The molecule has 0 bridgehead atoms. The van der Waals surface area contributed by atoms with Crippen molar-refractivity contribution >= 4 is 22.5 Å². The third kappa shape index (κ3) is 1.72. The van der Waals surface area contributed by atoms with Crippen LogP contribution in [0.15, 0.2) is 28.0 Å². The highest BCUT2D eigenvalue weighted by Crippen LogP contribution is 2.34. The van der Waals surface area contributed by atoms with E-state index in [-0.39, 0.29) is 5.56 Å². The second-order valence-corrected chi connectivity index (χ2v) is 5.11. The number of nitrogens with one attached hydrogen (secondary N) is 1. The molecule has 0 unspecified atom stereocenters. The third-order valence-corrected chi connectivity index (χ3v) is 4.02. The normalized spacial score (nSPS) is 13.9. The van der Waals surface area contributed by atoms with E-state index < -0.39 is 0 Å². The Kier molecular flexibility index (Phi) is 2.59. The van der Waals surface area contributed by atoms with Gasteiger partial charge in [0.1, 0.15) is 5.75 Å². The second-order valence-electron chi connectivity index (χ2n) is 4.00. The Balaban J connectivity index is 2.30. The molecule has 0 amide bonds. The fraction of sp³-hybridized carbons (Fsp3) is 0.308. The van der Waals surface area contributed by atoms with E-state index in [0.29, 0.717) is 6.61 Å². The molecule has 1 N–H and O–H groups in total. The van der Waals surface area contributed by atoms with Crippen molar-refractivity contribution in [2.75, 3.05) is 12.4 Å². The van der Waals surface area contributed by atoms with Gasteiger partial charge in [-0.15, -0.1) is 11.8 Å². The van der Waals surface area contributed by atoms with E-state index in [1.54, 1.807) is 11.8 Å². The van der Waals surface area contributed by atoms with Crippen LogP contribution < -0.4 is 10.3 Å². The van der Waals surface area contributed by atoms with Crippen molar-refractivity contribution in [2.45, 2.75) is 18.4 Å². The molecule has 88 valence electrons. The first-order chi connectivity index (χ1) is 8.29. The Labute approximate surface area is 103 Å². The summed E-state index contributed by atoms with van der Waals surface area (Å²) in [5.74, 6) is 1.88. The molecule has 2 heterocycles. The molecule has 0 atom stereocenters. The number of fused-ring (bicyclic) bond motifs is 3. The number of rotatable bonds is 2. The highest BCUT2D eigenvalue weighted by atomic mass is 32.2. The van der Waals surface area contributed by atoms with E-state index in [4.69, 9.17) is 4.74 Å². The SMILES string of the molecule is CCOc1ccc2c(=O)[nH]c3c(c2c1)CCS3. The van der Waals surface area contributed by atoms with Gasteiger partial charge in [0.2, 0.25) is 0 Å². The third-order valence-electron chi connectivity index (χ3n) is 2.97. The molecule has 0 aliphatic carbocycles. The summed E-state index contributed by atoms with van der Waals surface area (Å²) in [5.41, 5.74) is 1.25. The van der Waals surface area contributed by atoms with Crippen molar-refractivity contribution in [2.24, 2.45) is 0 Å². The molecule has 1 aromatic heterocycles. The van der Waals surface area contributed by atoms with Gasteiger partial charge in [-0.25, -0.2) is 0 Å². The van der Waals surface area contributed by atoms with E-state index >= 15 is 0 Å². The van der Waals surface area contributed by atoms with E-state index in [9.17, 15) is 4.79 Å². The van der Waals surface area contributed by atoms with Crippen molar-refractivity contribution in [3.05, 3.63) is 34.1 Å². The van der Waals surface area contributed by atoms with Crippen LogP contribution in [0.3, 0.4) is 0 Å². The Morgan fingerprint density at radius 2 is 2.29 bits per heavy atom. The Morgan fingerprint density at radius 1 is 1.41 bits per heavy atom. The fourth-order valence-corrected chi connectivity index (χ4v) is 3.28. The Bertz CT molecular complexity index is 633. The number of pyridine rings is 1. The van der Waals surface area contributed by atoms with Crippen LogP contribution in [0.1, 0.15) is 12.5 Å². The number of aryl methyl sites for hydroxylation is 1. The molecule has 0 spiro atoms. The number of thioether (sulfide) groups is 1. The second kappa shape index (κ2) is 4.11. The topological polar surface area (TPSA) is 42.1 Å². The van der Waals surface area contributed by atoms with Crippen molar-refractivity contribution in [3.63, 3.8) is 0 Å². The summed E-state index contributed by atoms with van der Waals surface area (Å²) in [6, 6.07) is 5.69. The Hall–Kier alpha value is -1.42. The first-order valence-electron chi connectivity index (χ1n) is 5.74. The van der Waals surface area contributed by atoms with E-state index in [2.05, 4.69) is 4.98 Å². The largest absolute Gasteiger partial charge is 0.494 e. The number of ether oxygens (including phenoxy) is 1. The lowest BCUT2D eigenvalue weighted by molar-refractivity contribution is 0.340. The minimum atomic E-state index is -0.00352. The van der Waals surface area contributed by atoms with Gasteiger partial charge in [0.15, 0.2) is 0 Å². The molecule has 2 aromatic rings. The maximum Gasteiger partial charge on any atom is 0.256 e. The average molecular weight is 247 g/mol. The maximum atomic E-state index is 11.9. The molecule has 1 aliphatic rings. The van der Waals surface area contributed by atoms with Crippen LogP contribution in [-0.4, -0.2) is 17.3 Å². The fourth-order valence-electron chi connectivity index (χ4n) is 2.22. The predicted molar refractivity (Wildman–Crippen MR) is 70.2 cm³/mol. The summed E-state index contributed by atoms with van der Waals surface area (Å²) in [7, 11) is 0. The first-order valence-corrected chi connectivity index (χ1v) is 6.72. The lowest BCUT2D eigenvalue weighted by atomic mass is 10.1. The zero-order chi connectivity index (χ0) is 11.8. The number of H-pyrrole nitrogens is 1. The van der Waals surface area contributed by atoms with Gasteiger partial charge in [-0.1, -0.05) is 0 Å². The van der Waals surface area contributed by atoms with Gasteiger partial charge in [0.05, 0.1) is 11.6 Å². The van der Waals surface area contributed by atoms with Crippen LogP contribution in [0.25, 0.3) is 10.8 Å². The Morgan fingerprint density at radius 3 is 3.12 bits per heavy atom. The summed E-state index contributed by atoms with van der Waals surface area (Å²) in [5, 5.41) is 2.82. The van der Waals surface area contributed by atoms with Crippen molar-refractivity contribution in [1.82, 2.24) is 4.98 Å². The molecular formula is C13H13NO2S. The van der Waals surface area contributed by atoms with Gasteiger partial charge in [-0.05, 0) is 42.5 Å². The minimum Gasteiger partial charge on any atom is -0.494 e. The molecule has 0 saturated heterocycles. The monoisotopic (exact) mass is 247 g/mol. The van der Waals surface area contributed by atoms with Gasteiger partial charge >= 0.3 is 0 Å². The number of hydrogen-bond donors (Lipinski definition) is 1. The number of aromatic amines is 1. The van der Waals surface area contributed by atoms with Crippen LogP contribution in [-0.2, 0) is 6.42 Å². The molecule has 1 aromatic carbocycles. The zero-order valence-corrected chi connectivity index (χ0v) is 10.4. The van der Waals surface area contributed by atoms with Crippen molar-refractivity contribution in [1.29, 1.82) is 0 Å². The van der Waals surface area contributed by atoms with Crippen LogP contribution in [0.2, 0.25) is 0 Å². The molecular weight excluding hydrogens is 234 g/mol. The van der Waals surface area contributed by atoms with Gasteiger partial charge in [-0.2, -0.15) is 0 Å². The summed E-state index contributed by atoms with van der Waals surface area (Å²) in [6.45, 7) is 2.61. The summed E-state index contributed by atoms with van der Waals surface area (Å²) in [6.07, 6.45) is 1.02. The molecule has 0 saturated carbocycles. The highest BCUT2D eigenvalue weighted by Gasteiger charge is 2.17. The molecule has 1 aliphatic heterocycles. The predicted octanol–water partition coefficient (Wildman–Crippen LogP) is 2.58. The zero-order valence-electron chi connectivity index (χ0n) is 9.58. The lowest BCUT2D eigenvalue weighted by Crippen LogP contribution is -2.08. The average Bonchev–Trinajstić information content (AvgIpc) is 2.78. The van der Waals surface area contributed by atoms with Crippen LogP contribution in [0.5, 0.6) is 5.75 Å². The quantitative estimate of drug-likeness (QED) is 0.887. The summed E-state index contributed by atoms with van der Waals surface area (Å²) < 4.78 is 5.49. The smallest absolute Gasteiger partial charge is 0.256 e. The summed E-state index contributed by atoms with van der Waals surface area (Å²) in [4.78, 5) is 14.8. The first kappa shape index (κ1) is 10.7. The van der Waals surface area contributed by atoms with Crippen molar-refractivity contribution < 1.29 is 4.74 Å². The van der Waals surface area contributed by atoms with E-state index in [1.807, 2.05) is 25.1 Å². The molecule has 3 rings (SSSR count). The van der Waals surface area contributed by atoms with E-state index in [1.165, 1.54) is 5.56 Å². The van der Waals surface area contributed by atoms with E-state index in [0.717, 1.165) is 33.7 Å². The highest BCUT2D eigenvalue weighted by molar-refractivity contribution is 7.99.